The summed E-state index contributed by atoms with van der Waals surface area (Å²) in [5.41, 5.74) is 16.1. The molecule has 0 aliphatic carbocycles. The Bertz CT molecular complexity index is 1160. The van der Waals surface area contributed by atoms with Gasteiger partial charge in [0, 0.05) is 29.8 Å². The molecule has 0 atom stereocenters. The Balaban J connectivity index is 2.14. The van der Waals surface area contributed by atoms with E-state index in [4.69, 9.17) is 11.5 Å². The highest BCUT2D eigenvalue weighted by atomic mass is 16.1. The predicted molar refractivity (Wildman–Crippen MR) is 100 cm³/mol. The molecule has 0 fully saturated rings. The number of carbonyl (C=O) groups excluding carboxylic acids is 1. The molecule has 6 nitrogen and oxygen atoms in total. The fourth-order valence-electron chi connectivity index (χ4n) is 3.29. The molecule has 2 aromatic carbocycles. The number of rotatable bonds is 2. The van der Waals surface area contributed by atoms with E-state index in [0.717, 1.165) is 27.4 Å². The van der Waals surface area contributed by atoms with Crippen LogP contribution in [-0.4, -0.2) is 20.3 Å². The number of nitrogen functional groups attached to an aromatic ring is 2. The highest BCUT2D eigenvalue weighted by molar-refractivity contribution is 6.15. The molecule has 0 saturated heterocycles. The van der Waals surface area contributed by atoms with Gasteiger partial charge in [0.05, 0.1) is 16.4 Å². The number of nitrogens with zero attached hydrogens (tertiary/aromatic N) is 3. The van der Waals surface area contributed by atoms with Gasteiger partial charge in [0.25, 0.3) is 0 Å². The molecule has 0 radical (unpaired) electrons. The van der Waals surface area contributed by atoms with Crippen LogP contribution in [0.1, 0.15) is 17.3 Å². The molecule has 4 rings (SSSR count). The van der Waals surface area contributed by atoms with Gasteiger partial charge in [-0.15, -0.1) is 0 Å². The van der Waals surface area contributed by atoms with Crippen molar-refractivity contribution in [2.24, 2.45) is 7.05 Å². The second-order valence-corrected chi connectivity index (χ2v) is 6.11. The SMILES string of the molecule is CC(=O)c1cccc(-c2cc3nc(N)nc(N)c3c3ccn(C)c23)c1. The molecule has 0 unspecified atom stereocenters. The summed E-state index contributed by atoms with van der Waals surface area (Å²) in [5, 5.41) is 1.75. The molecule has 0 spiro atoms. The minimum Gasteiger partial charge on any atom is -0.383 e. The second-order valence-electron chi connectivity index (χ2n) is 6.11. The zero-order valence-corrected chi connectivity index (χ0v) is 13.9. The number of nitrogens with two attached hydrogens (primary N) is 2. The van der Waals surface area contributed by atoms with Gasteiger partial charge in [-0.25, -0.2) is 4.98 Å². The Morgan fingerprint density at radius 3 is 2.68 bits per heavy atom. The Morgan fingerprint density at radius 2 is 1.92 bits per heavy atom. The van der Waals surface area contributed by atoms with Gasteiger partial charge in [-0.2, -0.15) is 4.98 Å². The van der Waals surface area contributed by atoms with Crippen LogP contribution in [0.4, 0.5) is 11.8 Å². The van der Waals surface area contributed by atoms with Gasteiger partial charge in [-0.1, -0.05) is 18.2 Å². The minimum atomic E-state index is 0.0292. The summed E-state index contributed by atoms with van der Waals surface area (Å²) in [6.07, 6.45) is 1.97. The van der Waals surface area contributed by atoms with Crippen molar-refractivity contribution in [1.29, 1.82) is 0 Å². The van der Waals surface area contributed by atoms with Gasteiger partial charge in [0.1, 0.15) is 5.82 Å². The average Bonchev–Trinajstić information content (AvgIpc) is 2.95. The van der Waals surface area contributed by atoms with E-state index >= 15 is 0 Å². The molecule has 2 aromatic heterocycles. The Labute approximate surface area is 144 Å². The number of ketones is 1. The molecule has 0 amide bonds. The van der Waals surface area contributed by atoms with Crippen LogP contribution in [0.5, 0.6) is 0 Å². The molecule has 0 aliphatic rings. The van der Waals surface area contributed by atoms with Crippen LogP contribution >= 0.6 is 0 Å². The minimum absolute atomic E-state index is 0.0292. The maximum Gasteiger partial charge on any atom is 0.222 e. The monoisotopic (exact) mass is 331 g/mol. The first-order valence-electron chi connectivity index (χ1n) is 7.88. The van der Waals surface area contributed by atoms with Gasteiger partial charge in [-0.05, 0) is 30.7 Å². The standard InChI is InChI=1S/C19H17N5O/c1-10(25)11-4-3-5-12(8-11)14-9-15-16(18(20)23-19(21)22-15)13-6-7-24(2)17(13)14/h3-9H,1-2H3,(H4,20,21,22,23). The number of aryl methyl sites for hydroxylation is 1. The summed E-state index contributed by atoms with van der Waals surface area (Å²) in [6.45, 7) is 1.56. The van der Waals surface area contributed by atoms with Crippen LogP contribution in [0, 0.1) is 0 Å². The average molecular weight is 331 g/mol. The Hall–Kier alpha value is -3.41. The number of anilines is 2. The smallest absolute Gasteiger partial charge is 0.222 e. The molecule has 0 bridgehead atoms. The number of hydrogen-bond donors (Lipinski definition) is 2. The number of Topliss-reactive ketones (excluding diaryl/α,β-unsaturated/α-hetero) is 1. The third-order valence-corrected chi connectivity index (χ3v) is 4.44. The van der Waals surface area contributed by atoms with E-state index in [0.29, 0.717) is 16.9 Å². The second kappa shape index (κ2) is 5.31. The summed E-state index contributed by atoms with van der Waals surface area (Å²) in [5.74, 6) is 0.535. The van der Waals surface area contributed by atoms with Crippen molar-refractivity contribution < 1.29 is 4.79 Å². The highest BCUT2D eigenvalue weighted by Gasteiger charge is 2.16. The summed E-state index contributed by atoms with van der Waals surface area (Å²) in [7, 11) is 1.97. The first-order valence-corrected chi connectivity index (χ1v) is 7.88. The quantitative estimate of drug-likeness (QED) is 0.550. The predicted octanol–water partition coefficient (Wildman–Crippen LogP) is 3.16. The van der Waals surface area contributed by atoms with Gasteiger partial charge in [0.2, 0.25) is 5.95 Å². The summed E-state index contributed by atoms with van der Waals surface area (Å²) in [6, 6.07) is 11.5. The molecule has 6 heteroatoms. The molecular weight excluding hydrogens is 314 g/mol. The van der Waals surface area contributed by atoms with E-state index in [1.807, 2.05) is 54.2 Å². The first-order chi connectivity index (χ1) is 12.0. The number of hydrogen-bond acceptors (Lipinski definition) is 5. The van der Waals surface area contributed by atoms with Crippen molar-refractivity contribution in [3.63, 3.8) is 0 Å². The van der Waals surface area contributed by atoms with E-state index in [1.165, 1.54) is 0 Å². The molecule has 4 N–H and O–H groups in total. The number of aromatic nitrogens is 3. The maximum atomic E-state index is 11.8. The lowest BCUT2D eigenvalue weighted by Crippen LogP contribution is -2.01. The fourth-order valence-corrected chi connectivity index (χ4v) is 3.29. The lowest BCUT2D eigenvalue weighted by Gasteiger charge is -2.11. The fraction of sp³-hybridized carbons (Fsp3) is 0.105. The summed E-state index contributed by atoms with van der Waals surface area (Å²) >= 11 is 0. The first kappa shape index (κ1) is 15.1. The summed E-state index contributed by atoms with van der Waals surface area (Å²) < 4.78 is 2.03. The van der Waals surface area contributed by atoms with E-state index in [9.17, 15) is 4.79 Å². The lowest BCUT2D eigenvalue weighted by atomic mass is 9.97. The summed E-state index contributed by atoms with van der Waals surface area (Å²) in [4.78, 5) is 20.2. The van der Waals surface area contributed by atoms with E-state index in [1.54, 1.807) is 6.92 Å². The van der Waals surface area contributed by atoms with Gasteiger partial charge < -0.3 is 16.0 Å². The number of carbonyl (C=O) groups is 1. The lowest BCUT2D eigenvalue weighted by molar-refractivity contribution is 0.101. The van der Waals surface area contributed by atoms with E-state index < -0.39 is 0 Å². The normalized spacial score (nSPS) is 11.3. The van der Waals surface area contributed by atoms with E-state index in [-0.39, 0.29) is 11.7 Å². The zero-order chi connectivity index (χ0) is 17.7. The van der Waals surface area contributed by atoms with Crippen molar-refractivity contribution >= 4 is 39.4 Å². The Morgan fingerprint density at radius 1 is 1.12 bits per heavy atom. The van der Waals surface area contributed by atoms with Crippen molar-refractivity contribution in [2.75, 3.05) is 11.5 Å². The molecule has 0 saturated carbocycles. The molecule has 25 heavy (non-hydrogen) atoms. The number of fused-ring (bicyclic) bond motifs is 3. The molecule has 124 valence electrons. The van der Waals surface area contributed by atoms with Crippen LogP contribution in [0.3, 0.4) is 0 Å². The van der Waals surface area contributed by atoms with Gasteiger partial charge >= 0.3 is 0 Å². The van der Waals surface area contributed by atoms with Crippen molar-refractivity contribution in [3.05, 3.63) is 48.2 Å². The van der Waals surface area contributed by atoms with Crippen LogP contribution < -0.4 is 11.5 Å². The van der Waals surface area contributed by atoms with Crippen molar-refractivity contribution in [2.45, 2.75) is 6.92 Å². The van der Waals surface area contributed by atoms with E-state index in [2.05, 4.69) is 9.97 Å². The third kappa shape index (κ3) is 2.30. The van der Waals surface area contributed by atoms with Crippen LogP contribution in [-0.2, 0) is 7.05 Å². The molecular formula is C19H17N5O. The van der Waals surface area contributed by atoms with Crippen LogP contribution in [0.25, 0.3) is 32.9 Å². The Kier molecular flexibility index (Phi) is 3.21. The highest BCUT2D eigenvalue weighted by Crippen LogP contribution is 2.37. The van der Waals surface area contributed by atoms with Crippen molar-refractivity contribution in [1.82, 2.24) is 14.5 Å². The van der Waals surface area contributed by atoms with Gasteiger partial charge in [-0.3, -0.25) is 4.79 Å². The third-order valence-electron chi connectivity index (χ3n) is 4.44. The van der Waals surface area contributed by atoms with Crippen molar-refractivity contribution in [3.8, 4) is 11.1 Å². The molecule has 4 aromatic rings. The largest absolute Gasteiger partial charge is 0.383 e. The maximum absolute atomic E-state index is 11.8. The zero-order valence-electron chi connectivity index (χ0n) is 13.9. The molecule has 2 heterocycles. The van der Waals surface area contributed by atoms with Gasteiger partial charge in [0.15, 0.2) is 5.78 Å². The van der Waals surface area contributed by atoms with Crippen LogP contribution in [0.2, 0.25) is 0 Å². The van der Waals surface area contributed by atoms with Crippen LogP contribution in [0.15, 0.2) is 42.6 Å². The topological polar surface area (TPSA) is 99.8 Å². The number of benzene rings is 2. The molecule has 0 aliphatic heterocycles.